The fraction of sp³-hybridized carbons (Fsp3) is 0.263. The summed E-state index contributed by atoms with van der Waals surface area (Å²) in [5.74, 6) is 0.521. The number of nitrogens with zero attached hydrogens (tertiary/aromatic N) is 3. The first kappa shape index (κ1) is 19.0. The molecule has 0 atom stereocenters. The molecular weight excluding hydrogens is 352 g/mol. The van der Waals surface area contributed by atoms with Gasteiger partial charge in [-0.1, -0.05) is 29.7 Å². The molecule has 0 unspecified atom stereocenters. The first-order valence-electron chi connectivity index (χ1n) is 8.31. The van der Waals surface area contributed by atoms with Crippen molar-refractivity contribution in [2.75, 3.05) is 12.4 Å². The number of fused-ring (bicyclic) bond motifs is 1. The van der Waals surface area contributed by atoms with Gasteiger partial charge in [-0.15, -0.1) is 0 Å². The number of halogens is 3. The predicted octanol–water partition coefficient (Wildman–Crippen LogP) is 2.84. The molecule has 8 heteroatoms. The van der Waals surface area contributed by atoms with Crippen LogP contribution in [-0.4, -0.2) is 24.4 Å². The summed E-state index contributed by atoms with van der Waals surface area (Å²) in [6, 6.07) is 9.59. The third-order valence-electron chi connectivity index (χ3n) is 4.55. The van der Waals surface area contributed by atoms with E-state index in [1.165, 1.54) is 13.0 Å². The molecule has 0 aliphatic carbocycles. The number of aromatic nitrogens is 2. The molecular formula is C19H18BF3N4. The van der Waals surface area contributed by atoms with Crippen LogP contribution in [0.3, 0.4) is 0 Å². The minimum Gasteiger partial charge on any atom is -0.365 e. The summed E-state index contributed by atoms with van der Waals surface area (Å²) in [4.78, 5) is 8.64. The molecule has 138 valence electrons. The van der Waals surface area contributed by atoms with Crippen molar-refractivity contribution in [1.29, 1.82) is 0 Å². The molecule has 2 radical (unpaired) electrons. The van der Waals surface area contributed by atoms with Crippen LogP contribution in [0.25, 0.3) is 10.9 Å². The highest BCUT2D eigenvalue weighted by Crippen LogP contribution is 2.33. The average molecular weight is 370 g/mol. The second-order valence-electron chi connectivity index (χ2n) is 6.26. The lowest BCUT2D eigenvalue weighted by Gasteiger charge is -2.16. The lowest BCUT2D eigenvalue weighted by atomic mass is 9.95. The lowest BCUT2D eigenvalue weighted by molar-refractivity contribution is -0.138. The van der Waals surface area contributed by atoms with E-state index in [-0.39, 0.29) is 12.1 Å². The molecule has 0 aliphatic rings. The Bertz CT molecular complexity index is 1070. The van der Waals surface area contributed by atoms with E-state index >= 15 is 0 Å². The standard InChI is InChI=1S/C19H18BF3N4/c1-11-12(5-4-6-15(11)19(21,22)23)10-25-17-14-9-13(20)7-8-16(14)27(3)18(24-2)26-17/h4-9H,10H2,1-3H3,(H,24,25,26). The van der Waals surface area contributed by atoms with E-state index in [1.54, 1.807) is 25.2 Å². The third-order valence-corrected chi connectivity index (χ3v) is 4.55. The minimum absolute atomic E-state index is 0.197. The van der Waals surface area contributed by atoms with Crippen molar-refractivity contribution in [3.05, 3.63) is 58.7 Å². The molecule has 3 rings (SSSR count). The van der Waals surface area contributed by atoms with E-state index in [1.807, 2.05) is 17.7 Å². The molecule has 0 fully saturated rings. The predicted molar refractivity (Wildman–Crippen MR) is 101 cm³/mol. The van der Waals surface area contributed by atoms with Crippen LogP contribution >= 0.6 is 0 Å². The van der Waals surface area contributed by atoms with Crippen LogP contribution in [-0.2, 0) is 19.8 Å². The van der Waals surface area contributed by atoms with E-state index in [0.717, 1.165) is 17.0 Å². The number of nitrogens with one attached hydrogen (secondary N) is 1. The normalized spacial score (nSPS) is 12.6. The van der Waals surface area contributed by atoms with Crippen molar-refractivity contribution in [2.24, 2.45) is 12.0 Å². The maximum Gasteiger partial charge on any atom is 0.416 e. The molecule has 0 spiro atoms. The Hall–Kier alpha value is -2.77. The summed E-state index contributed by atoms with van der Waals surface area (Å²) in [5.41, 5.74) is 2.05. The quantitative estimate of drug-likeness (QED) is 0.721. The Labute approximate surface area is 156 Å². The van der Waals surface area contributed by atoms with Gasteiger partial charge in [0.25, 0.3) is 0 Å². The summed E-state index contributed by atoms with van der Waals surface area (Å²) < 4.78 is 41.2. The molecule has 1 N–H and O–H groups in total. The van der Waals surface area contributed by atoms with Gasteiger partial charge in [-0.25, -0.2) is 0 Å². The lowest BCUT2D eigenvalue weighted by Crippen LogP contribution is -2.24. The molecule has 27 heavy (non-hydrogen) atoms. The van der Waals surface area contributed by atoms with Crippen molar-refractivity contribution < 1.29 is 13.2 Å². The fourth-order valence-electron chi connectivity index (χ4n) is 3.07. The van der Waals surface area contributed by atoms with Gasteiger partial charge in [-0.3, -0.25) is 4.99 Å². The number of benzene rings is 2. The van der Waals surface area contributed by atoms with Gasteiger partial charge in [0.05, 0.1) is 11.1 Å². The van der Waals surface area contributed by atoms with E-state index in [0.29, 0.717) is 22.5 Å². The Balaban J connectivity index is 2.04. The summed E-state index contributed by atoms with van der Waals surface area (Å²) in [5, 5.41) is 3.92. The summed E-state index contributed by atoms with van der Waals surface area (Å²) >= 11 is 0. The van der Waals surface area contributed by atoms with Gasteiger partial charge >= 0.3 is 6.18 Å². The van der Waals surface area contributed by atoms with Gasteiger partial charge < -0.3 is 9.88 Å². The zero-order chi connectivity index (χ0) is 19.8. The Kier molecular flexibility index (Phi) is 5.00. The van der Waals surface area contributed by atoms with Crippen LogP contribution in [0, 0.1) is 6.92 Å². The smallest absolute Gasteiger partial charge is 0.365 e. The molecule has 3 aromatic rings. The molecule has 1 heterocycles. The van der Waals surface area contributed by atoms with Gasteiger partial charge in [0, 0.05) is 26.0 Å². The van der Waals surface area contributed by atoms with Crippen molar-refractivity contribution >= 4 is 30.0 Å². The van der Waals surface area contributed by atoms with Crippen molar-refractivity contribution in [2.45, 2.75) is 19.6 Å². The molecule has 0 saturated carbocycles. The van der Waals surface area contributed by atoms with Gasteiger partial charge in [-0.05, 0) is 30.2 Å². The summed E-state index contributed by atoms with van der Waals surface area (Å²) in [6.45, 7) is 1.67. The number of hydrogen-bond donors (Lipinski definition) is 1. The van der Waals surface area contributed by atoms with Crippen LogP contribution in [0.2, 0.25) is 0 Å². The molecule has 4 nitrogen and oxygen atoms in total. The molecule has 0 saturated heterocycles. The number of rotatable bonds is 3. The summed E-state index contributed by atoms with van der Waals surface area (Å²) in [6.07, 6.45) is -4.38. The molecule has 0 bridgehead atoms. The monoisotopic (exact) mass is 370 g/mol. The van der Waals surface area contributed by atoms with Gasteiger partial charge in [-0.2, -0.15) is 18.2 Å². The highest BCUT2D eigenvalue weighted by atomic mass is 19.4. The molecule has 1 aromatic heterocycles. The Morgan fingerprint density at radius 2 is 1.96 bits per heavy atom. The van der Waals surface area contributed by atoms with Crippen LogP contribution < -0.4 is 16.4 Å². The van der Waals surface area contributed by atoms with Crippen molar-refractivity contribution in [1.82, 2.24) is 9.55 Å². The zero-order valence-electron chi connectivity index (χ0n) is 15.2. The first-order chi connectivity index (χ1) is 12.7. The molecule has 0 amide bonds. The fourth-order valence-corrected chi connectivity index (χ4v) is 3.07. The average Bonchev–Trinajstić information content (AvgIpc) is 2.61. The minimum atomic E-state index is -4.38. The number of hydrogen-bond acceptors (Lipinski definition) is 3. The maximum absolute atomic E-state index is 13.1. The van der Waals surface area contributed by atoms with Gasteiger partial charge in [0.2, 0.25) is 5.62 Å². The van der Waals surface area contributed by atoms with Gasteiger partial charge in [0.1, 0.15) is 13.7 Å². The number of alkyl halides is 3. The zero-order valence-corrected chi connectivity index (χ0v) is 15.2. The van der Waals surface area contributed by atoms with E-state index < -0.39 is 11.7 Å². The van der Waals surface area contributed by atoms with Crippen molar-refractivity contribution in [3.63, 3.8) is 0 Å². The van der Waals surface area contributed by atoms with E-state index in [2.05, 4.69) is 15.3 Å². The number of aryl methyl sites for hydroxylation is 1. The highest BCUT2D eigenvalue weighted by Gasteiger charge is 2.32. The topological polar surface area (TPSA) is 42.2 Å². The highest BCUT2D eigenvalue weighted by molar-refractivity contribution is 6.33. The molecule has 0 aliphatic heterocycles. The molecule has 2 aromatic carbocycles. The van der Waals surface area contributed by atoms with Crippen LogP contribution in [0.5, 0.6) is 0 Å². The van der Waals surface area contributed by atoms with Crippen LogP contribution in [0.4, 0.5) is 19.0 Å². The Morgan fingerprint density at radius 1 is 1.22 bits per heavy atom. The van der Waals surface area contributed by atoms with Crippen molar-refractivity contribution in [3.8, 4) is 0 Å². The largest absolute Gasteiger partial charge is 0.416 e. The van der Waals surface area contributed by atoms with E-state index in [9.17, 15) is 13.2 Å². The second-order valence-corrected chi connectivity index (χ2v) is 6.26. The number of anilines is 1. The third kappa shape index (κ3) is 3.70. The maximum atomic E-state index is 13.1. The summed E-state index contributed by atoms with van der Waals surface area (Å²) in [7, 11) is 9.37. The van der Waals surface area contributed by atoms with E-state index in [4.69, 9.17) is 7.85 Å². The van der Waals surface area contributed by atoms with Crippen LogP contribution in [0.1, 0.15) is 16.7 Å². The first-order valence-corrected chi connectivity index (χ1v) is 8.31. The second kappa shape index (κ2) is 7.10. The SMILES string of the molecule is [B]c1ccc2c(c1)c(NCc1cccc(C(F)(F)F)c1C)nc(=NC)n2C. The Morgan fingerprint density at radius 3 is 2.63 bits per heavy atom. The van der Waals surface area contributed by atoms with Crippen LogP contribution in [0.15, 0.2) is 41.4 Å². The van der Waals surface area contributed by atoms with Gasteiger partial charge in [0.15, 0.2) is 0 Å².